The number of aromatic nitrogens is 1. The summed E-state index contributed by atoms with van der Waals surface area (Å²) in [6, 6.07) is 5.84. The van der Waals surface area contributed by atoms with Crippen molar-refractivity contribution in [2.45, 2.75) is 83.8 Å². The Bertz CT molecular complexity index is 1200. The molecule has 4 heterocycles. The van der Waals surface area contributed by atoms with Crippen LogP contribution in [-0.2, 0) is 22.2 Å². The van der Waals surface area contributed by atoms with E-state index in [1.165, 1.54) is 6.42 Å². The maximum atomic E-state index is 13.5. The summed E-state index contributed by atoms with van der Waals surface area (Å²) in [6.07, 6.45) is 1.42. The highest BCUT2D eigenvalue weighted by Gasteiger charge is 2.42. The first kappa shape index (κ1) is 28.5. The van der Waals surface area contributed by atoms with Crippen LogP contribution < -0.4 is 9.80 Å². The quantitative estimate of drug-likeness (QED) is 0.386. The van der Waals surface area contributed by atoms with Crippen LogP contribution in [0.3, 0.4) is 0 Å². The third-order valence-corrected chi connectivity index (χ3v) is 8.38. The molecule has 1 aromatic heterocycles. The zero-order valence-electron chi connectivity index (χ0n) is 23.5. The fourth-order valence-electron chi connectivity index (χ4n) is 6.25. The maximum Gasteiger partial charge on any atom is 0.416 e. The number of piperidine rings is 1. The molecule has 1 aromatic carbocycles. The van der Waals surface area contributed by atoms with Crippen LogP contribution in [0.1, 0.15) is 74.3 Å². The largest absolute Gasteiger partial charge is 0.439 e. The minimum atomic E-state index is -4.48. The number of ether oxygens (including phenoxy) is 2. The summed E-state index contributed by atoms with van der Waals surface area (Å²) < 4.78 is 51.9. The van der Waals surface area contributed by atoms with E-state index in [1.807, 2.05) is 13.1 Å². The molecule has 0 spiro atoms. The molecule has 0 radical (unpaired) electrons. The van der Waals surface area contributed by atoms with E-state index >= 15 is 0 Å². The van der Waals surface area contributed by atoms with E-state index in [0.29, 0.717) is 24.3 Å². The van der Waals surface area contributed by atoms with Crippen molar-refractivity contribution in [3.63, 3.8) is 0 Å². The highest BCUT2D eigenvalue weighted by molar-refractivity contribution is 5.72. The first-order chi connectivity index (χ1) is 19.2. The first-order valence-corrected chi connectivity index (χ1v) is 14.4. The molecular weight excluding hydrogens is 521 g/mol. The lowest BCUT2D eigenvalue weighted by Crippen LogP contribution is -2.41. The van der Waals surface area contributed by atoms with Gasteiger partial charge in [-0.25, -0.2) is 9.78 Å². The number of alkyl halides is 3. The number of rotatable bonds is 7. The standard InChI is InChI=1S/C30H39F3N4O3/c1-4-36(25-8-12-39-13-9-25)28-23(17-26(18-34-28)35-10-6-5-7-11-35)19-37-21(3)27(40-29(37)38)22-14-20(2)15-24(16-22)30(31,32)33/h14-18,21,25,27H,4-13,19H2,1-3H3/t21-,27-/m0/s1. The van der Waals surface area contributed by atoms with E-state index in [4.69, 9.17) is 14.5 Å². The number of pyridine rings is 1. The fourth-order valence-corrected chi connectivity index (χ4v) is 6.25. The average Bonchev–Trinajstić information content (AvgIpc) is 3.23. The highest BCUT2D eigenvalue weighted by Crippen LogP contribution is 2.39. The number of benzene rings is 1. The number of nitrogens with zero attached hydrogens (tertiary/aromatic N) is 4. The lowest BCUT2D eigenvalue weighted by atomic mass is 9.98. The molecule has 0 N–H and O–H groups in total. The Morgan fingerprint density at radius 3 is 2.48 bits per heavy atom. The van der Waals surface area contributed by atoms with Crippen LogP contribution in [0.25, 0.3) is 0 Å². The normalized spacial score (nSPS) is 22.5. The summed E-state index contributed by atoms with van der Waals surface area (Å²) in [7, 11) is 0. The van der Waals surface area contributed by atoms with Crippen molar-refractivity contribution < 1.29 is 27.4 Å². The molecule has 0 unspecified atom stereocenters. The van der Waals surface area contributed by atoms with Crippen molar-refractivity contribution in [2.24, 2.45) is 0 Å². The van der Waals surface area contributed by atoms with Crippen molar-refractivity contribution in [3.05, 3.63) is 52.7 Å². The molecular formula is C30H39F3N4O3. The van der Waals surface area contributed by atoms with Gasteiger partial charge < -0.3 is 19.3 Å². The van der Waals surface area contributed by atoms with Gasteiger partial charge in [-0.2, -0.15) is 13.2 Å². The minimum Gasteiger partial charge on any atom is -0.439 e. The number of amides is 1. The molecule has 7 nitrogen and oxygen atoms in total. The van der Waals surface area contributed by atoms with Crippen LogP contribution in [-0.4, -0.2) is 60.9 Å². The predicted molar refractivity (Wildman–Crippen MR) is 148 cm³/mol. The van der Waals surface area contributed by atoms with Gasteiger partial charge in [0.05, 0.1) is 30.0 Å². The second-order valence-electron chi connectivity index (χ2n) is 11.2. The van der Waals surface area contributed by atoms with E-state index in [0.717, 1.165) is 74.5 Å². The predicted octanol–water partition coefficient (Wildman–Crippen LogP) is 6.49. The number of carbonyl (C=O) groups excluding carboxylic acids is 1. The number of aryl methyl sites for hydroxylation is 1. The third-order valence-electron chi connectivity index (χ3n) is 8.38. The van der Waals surface area contributed by atoms with Crippen LogP contribution in [0.15, 0.2) is 30.5 Å². The average molecular weight is 561 g/mol. The Morgan fingerprint density at radius 2 is 1.80 bits per heavy atom. The molecule has 0 bridgehead atoms. The van der Waals surface area contributed by atoms with Gasteiger partial charge in [-0.3, -0.25) is 4.90 Å². The Morgan fingerprint density at radius 1 is 1.07 bits per heavy atom. The third kappa shape index (κ3) is 6.01. The molecule has 40 heavy (non-hydrogen) atoms. The summed E-state index contributed by atoms with van der Waals surface area (Å²) in [4.78, 5) is 24.4. The van der Waals surface area contributed by atoms with Crippen molar-refractivity contribution >= 4 is 17.6 Å². The zero-order valence-corrected chi connectivity index (χ0v) is 23.5. The molecule has 3 fully saturated rings. The lowest BCUT2D eigenvalue weighted by Gasteiger charge is -2.37. The highest BCUT2D eigenvalue weighted by atomic mass is 19.4. The van der Waals surface area contributed by atoms with Crippen molar-refractivity contribution in [1.29, 1.82) is 0 Å². The van der Waals surface area contributed by atoms with Gasteiger partial charge in [0.2, 0.25) is 0 Å². The monoisotopic (exact) mass is 560 g/mol. The Balaban J connectivity index is 1.46. The van der Waals surface area contributed by atoms with E-state index in [-0.39, 0.29) is 12.6 Å². The molecule has 0 aliphatic carbocycles. The number of anilines is 2. The number of cyclic esters (lactones) is 1. The number of hydrogen-bond acceptors (Lipinski definition) is 6. The van der Waals surface area contributed by atoms with Gasteiger partial charge >= 0.3 is 12.3 Å². The van der Waals surface area contributed by atoms with Crippen LogP contribution in [0.5, 0.6) is 0 Å². The van der Waals surface area contributed by atoms with Crippen molar-refractivity contribution in [3.8, 4) is 0 Å². The van der Waals surface area contributed by atoms with E-state index in [9.17, 15) is 18.0 Å². The SMILES string of the molecule is CCN(c1ncc(N2CCCCC2)cc1CN1C(=O)O[C@H](c2cc(C)cc(C(F)(F)F)c2)[C@@H]1C)C1CCOCC1. The van der Waals surface area contributed by atoms with Crippen LogP contribution in [0.4, 0.5) is 29.5 Å². The number of carbonyl (C=O) groups is 1. The minimum absolute atomic E-state index is 0.262. The number of halogens is 3. The summed E-state index contributed by atoms with van der Waals surface area (Å²) in [5, 5.41) is 0. The Kier molecular flexibility index (Phi) is 8.44. The van der Waals surface area contributed by atoms with Crippen molar-refractivity contribution in [2.75, 3.05) is 42.6 Å². The molecule has 218 valence electrons. The molecule has 5 rings (SSSR count). The summed E-state index contributed by atoms with van der Waals surface area (Å²) >= 11 is 0. The van der Waals surface area contributed by atoms with Gasteiger partial charge in [0.1, 0.15) is 11.9 Å². The smallest absolute Gasteiger partial charge is 0.416 e. The maximum absolute atomic E-state index is 13.5. The molecule has 2 aromatic rings. The van der Waals surface area contributed by atoms with Gasteiger partial charge in [0.15, 0.2) is 0 Å². The van der Waals surface area contributed by atoms with Crippen LogP contribution in [0, 0.1) is 6.92 Å². The van der Waals surface area contributed by atoms with Crippen LogP contribution >= 0.6 is 0 Å². The Labute approximate surface area is 234 Å². The van der Waals surface area contributed by atoms with Crippen molar-refractivity contribution in [1.82, 2.24) is 9.88 Å². The molecule has 1 amide bonds. The zero-order chi connectivity index (χ0) is 28.4. The molecule has 3 aliphatic rings. The van der Waals surface area contributed by atoms with E-state index in [2.05, 4.69) is 22.8 Å². The second kappa shape index (κ2) is 11.8. The lowest BCUT2D eigenvalue weighted by molar-refractivity contribution is -0.137. The second-order valence-corrected chi connectivity index (χ2v) is 11.2. The van der Waals surface area contributed by atoms with Gasteiger partial charge in [-0.1, -0.05) is 11.6 Å². The summed E-state index contributed by atoms with van der Waals surface area (Å²) in [5.41, 5.74) is 2.04. The van der Waals surface area contributed by atoms with E-state index < -0.39 is 30.0 Å². The van der Waals surface area contributed by atoms with Gasteiger partial charge in [0.25, 0.3) is 0 Å². The number of hydrogen-bond donors (Lipinski definition) is 0. The molecule has 3 aliphatic heterocycles. The van der Waals surface area contributed by atoms with Gasteiger partial charge in [0, 0.05) is 44.5 Å². The fraction of sp³-hybridized carbons (Fsp3) is 0.600. The molecule has 0 saturated carbocycles. The molecule has 10 heteroatoms. The van der Waals surface area contributed by atoms with Gasteiger partial charge in [-0.15, -0.1) is 0 Å². The molecule has 2 atom stereocenters. The van der Waals surface area contributed by atoms with Crippen LogP contribution in [0.2, 0.25) is 0 Å². The topological polar surface area (TPSA) is 58.1 Å². The van der Waals surface area contributed by atoms with Gasteiger partial charge in [-0.05, 0) is 76.6 Å². The Hall–Kier alpha value is -3.01. The van der Waals surface area contributed by atoms with E-state index in [1.54, 1.807) is 17.9 Å². The summed E-state index contributed by atoms with van der Waals surface area (Å²) in [5.74, 6) is 0.841. The summed E-state index contributed by atoms with van der Waals surface area (Å²) in [6.45, 7) is 9.94. The first-order valence-electron chi connectivity index (χ1n) is 14.4. The molecule has 3 saturated heterocycles.